The minimum atomic E-state index is 0.697. The topological polar surface area (TPSA) is 14.2 Å². The minimum absolute atomic E-state index is 0.697. The van der Waals surface area contributed by atoms with Crippen LogP contribution in [0.3, 0.4) is 0 Å². The van der Waals surface area contributed by atoms with Gasteiger partial charge in [0.1, 0.15) is 6.61 Å². The van der Waals surface area contributed by atoms with Crippen molar-refractivity contribution in [3.63, 3.8) is 0 Å². The lowest BCUT2D eigenvalue weighted by atomic mass is 10.2. The molecule has 2 nitrogen and oxygen atoms in total. The molecule has 11 heavy (non-hydrogen) atoms. The van der Waals surface area contributed by atoms with Crippen molar-refractivity contribution in [1.82, 2.24) is 4.57 Å². The van der Waals surface area contributed by atoms with Gasteiger partial charge < -0.3 is 4.74 Å². The molecule has 0 bridgehead atoms. The molecule has 2 heterocycles. The first-order valence-electron chi connectivity index (χ1n) is 3.68. The molecule has 1 aliphatic heterocycles. The van der Waals surface area contributed by atoms with Gasteiger partial charge in [-0.3, -0.25) is 4.57 Å². The Bertz CT molecular complexity index is 451. The van der Waals surface area contributed by atoms with E-state index in [-0.39, 0.29) is 0 Å². The van der Waals surface area contributed by atoms with Gasteiger partial charge in [0, 0.05) is 17.5 Å². The molecular weight excluding hydrogens is 138 g/mol. The Morgan fingerprint density at radius 3 is 3.18 bits per heavy atom. The summed E-state index contributed by atoms with van der Waals surface area (Å²) >= 11 is 0. The SMILES string of the molecule is C1=Cn2c(cc3c2=CC=3)OC1. The Hall–Kier alpha value is -1.44. The molecule has 0 fully saturated rings. The van der Waals surface area contributed by atoms with Gasteiger partial charge in [-0.05, 0) is 12.2 Å². The highest BCUT2D eigenvalue weighted by atomic mass is 16.5. The summed E-state index contributed by atoms with van der Waals surface area (Å²) in [5, 5.41) is 2.54. The minimum Gasteiger partial charge on any atom is -0.474 e. The number of aromatic nitrogens is 1. The maximum Gasteiger partial charge on any atom is 0.199 e. The predicted molar refractivity (Wildman–Crippen MR) is 43.4 cm³/mol. The Morgan fingerprint density at radius 1 is 1.36 bits per heavy atom. The van der Waals surface area contributed by atoms with E-state index in [1.54, 1.807) is 0 Å². The summed E-state index contributed by atoms with van der Waals surface area (Å²) in [6, 6.07) is 2.07. The molecule has 0 amide bonds. The van der Waals surface area contributed by atoms with Crippen LogP contribution in [0.1, 0.15) is 0 Å². The highest BCUT2D eigenvalue weighted by molar-refractivity contribution is 5.69. The van der Waals surface area contributed by atoms with Crippen LogP contribution in [-0.2, 0) is 0 Å². The average molecular weight is 145 g/mol. The fourth-order valence-corrected chi connectivity index (χ4v) is 1.46. The van der Waals surface area contributed by atoms with E-state index in [0.29, 0.717) is 6.61 Å². The third kappa shape index (κ3) is 0.522. The van der Waals surface area contributed by atoms with Gasteiger partial charge in [0.25, 0.3) is 0 Å². The second-order valence-corrected chi connectivity index (χ2v) is 2.72. The third-order valence-electron chi connectivity index (χ3n) is 2.07. The number of nitrogens with zero attached hydrogens (tertiary/aromatic N) is 1. The van der Waals surface area contributed by atoms with Crippen molar-refractivity contribution in [2.24, 2.45) is 0 Å². The summed E-state index contributed by atoms with van der Waals surface area (Å²) in [6.07, 6.45) is 8.26. The van der Waals surface area contributed by atoms with Crippen molar-refractivity contribution in [3.8, 4) is 5.88 Å². The molecule has 0 saturated heterocycles. The lowest BCUT2D eigenvalue weighted by Crippen LogP contribution is -2.32. The number of hydrogen-bond acceptors (Lipinski definition) is 1. The van der Waals surface area contributed by atoms with Crippen LogP contribution >= 0.6 is 0 Å². The first-order valence-corrected chi connectivity index (χ1v) is 3.68. The molecular formula is C9H7NO. The van der Waals surface area contributed by atoms with Crippen molar-refractivity contribution < 1.29 is 4.74 Å². The highest BCUT2D eigenvalue weighted by Gasteiger charge is 2.09. The molecule has 0 spiro atoms. The summed E-state index contributed by atoms with van der Waals surface area (Å²) in [7, 11) is 0. The van der Waals surface area contributed by atoms with Crippen LogP contribution in [0.15, 0.2) is 12.1 Å². The van der Waals surface area contributed by atoms with E-state index in [0.717, 1.165) is 5.88 Å². The van der Waals surface area contributed by atoms with Gasteiger partial charge in [0.2, 0.25) is 0 Å². The molecule has 1 aromatic rings. The highest BCUT2D eigenvalue weighted by Crippen LogP contribution is 2.11. The van der Waals surface area contributed by atoms with Crippen LogP contribution in [0.2, 0.25) is 0 Å². The number of hydrogen-bond donors (Lipinski definition) is 0. The quantitative estimate of drug-likeness (QED) is 0.498. The average Bonchev–Trinajstić information content (AvgIpc) is 2.23. The molecule has 0 aromatic carbocycles. The van der Waals surface area contributed by atoms with Gasteiger partial charge in [-0.25, -0.2) is 0 Å². The smallest absolute Gasteiger partial charge is 0.199 e. The van der Waals surface area contributed by atoms with Gasteiger partial charge in [-0.1, -0.05) is 6.08 Å². The van der Waals surface area contributed by atoms with Crippen LogP contribution in [0.5, 0.6) is 5.88 Å². The third-order valence-corrected chi connectivity index (χ3v) is 2.07. The van der Waals surface area contributed by atoms with E-state index in [1.807, 2.05) is 6.08 Å². The molecule has 1 aliphatic carbocycles. The van der Waals surface area contributed by atoms with Crippen molar-refractivity contribution in [2.75, 3.05) is 6.61 Å². The van der Waals surface area contributed by atoms with Gasteiger partial charge >= 0.3 is 0 Å². The molecule has 0 N–H and O–H groups in total. The summed E-state index contributed by atoms with van der Waals surface area (Å²) in [6.45, 7) is 0.697. The van der Waals surface area contributed by atoms with Crippen molar-refractivity contribution >= 4 is 18.4 Å². The zero-order valence-electron chi connectivity index (χ0n) is 5.95. The van der Waals surface area contributed by atoms with Crippen molar-refractivity contribution in [1.29, 1.82) is 0 Å². The largest absolute Gasteiger partial charge is 0.474 e. The Labute approximate surface area is 63.7 Å². The summed E-state index contributed by atoms with van der Waals surface area (Å²) < 4.78 is 7.47. The maximum atomic E-state index is 5.40. The Balaban J connectivity index is 2.46. The van der Waals surface area contributed by atoms with Gasteiger partial charge in [0.05, 0.1) is 5.35 Å². The molecule has 0 unspecified atom stereocenters. The number of rotatable bonds is 0. The van der Waals surface area contributed by atoms with Crippen LogP contribution in [0.25, 0.3) is 18.4 Å². The molecule has 2 aliphatic rings. The van der Waals surface area contributed by atoms with E-state index >= 15 is 0 Å². The maximum absolute atomic E-state index is 5.40. The zero-order valence-corrected chi connectivity index (χ0v) is 5.95. The first-order chi connectivity index (χ1) is 5.45. The lowest BCUT2D eigenvalue weighted by Gasteiger charge is -2.10. The second-order valence-electron chi connectivity index (χ2n) is 2.72. The van der Waals surface area contributed by atoms with Crippen LogP contribution < -0.4 is 15.3 Å². The molecule has 54 valence electrons. The Kier molecular flexibility index (Phi) is 0.756. The molecule has 0 saturated carbocycles. The van der Waals surface area contributed by atoms with Crippen LogP contribution in [-0.4, -0.2) is 11.2 Å². The molecule has 2 heteroatoms. The second kappa shape index (κ2) is 1.59. The van der Waals surface area contributed by atoms with E-state index in [2.05, 4.69) is 29.0 Å². The van der Waals surface area contributed by atoms with E-state index in [4.69, 9.17) is 4.74 Å². The fraction of sp³-hybridized carbons (Fsp3) is 0.111. The first kappa shape index (κ1) is 5.24. The summed E-state index contributed by atoms with van der Waals surface area (Å²) in [5.41, 5.74) is 0. The number of ether oxygens (including phenoxy) is 1. The standard InChI is InChI=1S/C9H7NO/c1-4-10-8-3-2-7(8)6-9(10)11-5-1/h1-4,6H,5H2. The van der Waals surface area contributed by atoms with E-state index in [9.17, 15) is 0 Å². The summed E-state index contributed by atoms with van der Waals surface area (Å²) in [5.74, 6) is 0.961. The number of fused-ring (bicyclic) bond motifs is 3. The van der Waals surface area contributed by atoms with Crippen LogP contribution in [0.4, 0.5) is 0 Å². The molecule has 0 atom stereocenters. The lowest BCUT2D eigenvalue weighted by molar-refractivity contribution is 0.335. The predicted octanol–water partition coefficient (Wildman–Crippen LogP) is -0.0742. The van der Waals surface area contributed by atoms with Crippen molar-refractivity contribution in [3.05, 3.63) is 22.7 Å². The Morgan fingerprint density at radius 2 is 2.36 bits per heavy atom. The van der Waals surface area contributed by atoms with Crippen molar-refractivity contribution in [2.45, 2.75) is 0 Å². The summed E-state index contributed by atoms with van der Waals surface area (Å²) in [4.78, 5) is 0. The van der Waals surface area contributed by atoms with E-state index < -0.39 is 0 Å². The molecule has 1 aromatic heterocycles. The van der Waals surface area contributed by atoms with Gasteiger partial charge in [-0.15, -0.1) is 0 Å². The normalized spacial score (nSPS) is 16.7. The molecule has 3 rings (SSSR count). The van der Waals surface area contributed by atoms with Crippen LogP contribution in [0, 0.1) is 0 Å². The van der Waals surface area contributed by atoms with Gasteiger partial charge in [-0.2, -0.15) is 0 Å². The fourth-order valence-electron chi connectivity index (χ4n) is 1.46. The zero-order chi connectivity index (χ0) is 7.26. The molecule has 0 radical (unpaired) electrons. The van der Waals surface area contributed by atoms with Gasteiger partial charge in [0.15, 0.2) is 5.88 Å². The monoisotopic (exact) mass is 145 g/mol. The van der Waals surface area contributed by atoms with E-state index in [1.165, 1.54) is 10.6 Å².